The second kappa shape index (κ2) is 12.0. The van der Waals surface area contributed by atoms with Crippen LogP contribution in [0.25, 0.3) is 11.3 Å². The monoisotopic (exact) mass is 506 g/mol. The number of rotatable bonds is 9. The maximum Gasteiger partial charge on any atom is 0.412 e. The van der Waals surface area contributed by atoms with Crippen LogP contribution in [0, 0.1) is 6.92 Å². The van der Waals surface area contributed by atoms with Gasteiger partial charge in [0.25, 0.3) is 0 Å². The molecule has 5 nitrogen and oxygen atoms in total. The Hall–Kier alpha value is -3.22. The van der Waals surface area contributed by atoms with Crippen LogP contribution in [0.1, 0.15) is 35.4 Å². The van der Waals surface area contributed by atoms with E-state index >= 15 is 0 Å². The van der Waals surface area contributed by atoms with Crippen LogP contribution in [0.4, 0.5) is 10.5 Å². The van der Waals surface area contributed by atoms with Crippen LogP contribution in [0.3, 0.4) is 0 Å². The van der Waals surface area contributed by atoms with Crippen LogP contribution in [0.5, 0.6) is 0 Å². The number of nitrogens with zero attached hydrogens (tertiary/aromatic N) is 1. The molecule has 0 aliphatic carbocycles. The summed E-state index contributed by atoms with van der Waals surface area (Å²) in [6.07, 6.45) is -0.0522. The number of carbonyl (C=O) groups excluding carboxylic acids is 1. The van der Waals surface area contributed by atoms with Gasteiger partial charge in [-0.1, -0.05) is 89.6 Å². The molecule has 0 aliphatic heterocycles. The maximum absolute atomic E-state index is 12.6. The van der Waals surface area contributed by atoms with Crippen LogP contribution in [-0.4, -0.2) is 17.0 Å². The lowest BCUT2D eigenvalue weighted by atomic mass is 10.1. The fourth-order valence-electron chi connectivity index (χ4n) is 3.65. The summed E-state index contributed by atoms with van der Waals surface area (Å²) in [6.45, 7) is 3.55. The third kappa shape index (κ3) is 6.68. The van der Waals surface area contributed by atoms with Crippen molar-refractivity contribution in [3.05, 3.63) is 106 Å². The lowest BCUT2D eigenvalue weighted by Gasteiger charge is -2.15. The molecule has 1 aromatic heterocycles. The molecule has 0 radical (unpaired) electrons. The summed E-state index contributed by atoms with van der Waals surface area (Å²) in [4.78, 5) is 12.6. The Bertz CT molecular complexity index is 1260. The van der Waals surface area contributed by atoms with E-state index in [-0.39, 0.29) is 0 Å². The van der Waals surface area contributed by atoms with Crippen LogP contribution < -0.4 is 5.32 Å². The van der Waals surface area contributed by atoms with E-state index in [1.54, 1.807) is 19.9 Å². The lowest BCUT2D eigenvalue weighted by Crippen LogP contribution is -2.17. The molecule has 35 heavy (non-hydrogen) atoms. The summed E-state index contributed by atoms with van der Waals surface area (Å²) in [5, 5.41) is 7.37. The summed E-state index contributed by atoms with van der Waals surface area (Å²) >= 11 is 8.12. The number of carbonyl (C=O) groups is 1. The molecule has 0 bridgehead atoms. The first kappa shape index (κ1) is 24.9. The highest BCUT2D eigenvalue weighted by atomic mass is 35.5. The van der Waals surface area contributed by atoms with Gasteiger partial charge < -0.3 is 9.26 Å². The minimum absolute atomic E-state index is 0.492. The largest absolute Gasteiger partial charge is 0.441 e. The van der Waals surface area contributed by atoms with Gasteiger partial charge in [-0.15, -0.1) is 0 Å². The zero-order valence-electron chi connectivity index (χ0n) is 19.7. The highest BCUT2D eigenvalue weighted by molar-refractivity contribution is 7.98. The first-order valence-electron chi connectivity index (χ1n) is 11.4. The molecule has 0 spiro atoms. The Kier molecular flexibility index (Phi) is 8.50. The fourth-order valence-corrected chi connectivity index (χ4v) is 4.89. The molecule has 1 N–H and O–H groups in total. The molecular weight excluding hydrogens is 480 g/mol. The molecule has 3 aromatic carbocycles. The van der Waals surface area contributed by atoms with E-state index in [4.69, 9.17) is 20.9 Å². The molecule has 1 amide bonds. The molecule has 0 saturated carbocycles. The van der Waals surface area contributed by atoms with E-state index in [2.05, 4.69) is 46.9 Å². The summed E-state index contributed by atoms with van der Waals surface area (Å²) < 4.78 is 11.1. The van der Waals surface area contributed by atoms with Crippen molar-refractivity contribution < 1.29 is 14.1 Å². The van der Waals surface area contributed by atoms with E-state index in [0.717, 1.165) is 29.1 Å². The van der Waals surface area contributed by atoms with Gasteiger partial charge in [-0.25, -0.2) is 4.79 Å². The number of anilines is 1. The Morgan fingerprint density at radius 3 is 2.49 bits per heavy atom. The number of aromatic nitrogens is 1. The summed E-state index contributed by atoms with van der Waals surface area (Å²) in [5.41, 5.74) is 5.22. The van der Waals surface area contributed by atoms with E-state index in [1.807, 2.05) is 48.2 Å². The molecular formula is C28H27ClN2O3S. The van der Waals surface area contributed by atoms with Gasteiger partial charge >= 0.3 is 6.09 Å². The third-order valence-corrected chi connectivity index (χ3v) is 6.95. The van der Waals surface area contributed by atoms with Gasteiger partial charge in [-0.2, -0.15) is 11.8 Å². The number of thioether (sulfide) groups is 1. The van der Waals surface area contributed by atoms with Gasteiger partial charge in [0.15, 0.2) is 5.76 Å². The van der Waals surface area contributed by atoms with Crippen LogP contribution in [0.2, 0.25) is 5.02 Å². The fraction of sp³-hybridized carbons (Fsp3) is 0.214. The highest BCUT2D eigenvalue weighted by Gasteiger charge is 2.20. The van der Waals surface area contributed by atoms with Gasteiger partial charge in [0, 0.05) is 21.9 Å². The van der Waals surface area contributed by atoms with Crippen molar-refractivity contribution in [2.75, 3.05) is 11.1 Å². The van der Waals surface area contributed by atoms with Gasteiger partial charge in [0.2, 0.25) is 0 Å². The van der Waals surface area contributed by atoms with Crippen molar-refractivity contribution in [3.8, 4) is 11.3 Å². The molecule has 0 fully saturated rings. The standard InChI is InChI=1S/C28H27ClN2O3S/c1-19-26(30-28(32)33-20(2)24-10-6-7-11-25(24)29)27(34-31-19)23-14-12-22(13-15-23)18-35-17-16-21-8-4-3-5-9-21/h3-15,20H,16-18H2,1-2H3,(H,30,32). The zero-order chi connectivity index (χ0) is 24.6. The normalized spacial score (nSPS) is 11.7. The van der Waals surface area contributed by atoms with Crippen molar-refractivity contribution in [1.82, 2.24) is 5.16 Å². The molecule has 1 heterocycles. The number of amides is 1. The number of nitrogens with one attached hydrogen (secondary N) is 1. The molecule has 180 valence electrons. The van der Waals surface area contributed by atoms with Gasteiger partial charge in [-0.05, 0) is 43.2 Å². The predicted molar refractivity (Wildman–Crippen MR) is 143 cm³/mol. The number of aryl methyl sites for hydroxylation is 2. The maximum atomic E-state index is 12.6. The quantitative estimate of drug-likeness (QED) is 0.232. The Labute approximate surface area is 214 Å². The number of hydrogen-bond donors (Lipinski definition) is 1. The number of hydrogen-bond acceptors (Lipinski definition) is 5. The molecule has 4 rings (SSSR count). The molecule has 4 aromatic rings. The lowest BCUT2D eigenvalue weighted by molar-refractivity contribution is 0.121. The van der Waals surface area contributed by atoms with Gasteiger partial charge in [0.05, 0.1) is 0 Å². The van der Waals surface area contributed by atoms with Crippen LogP contribution >= 0.6 is 23.4 Å². The first-order valence-corrected chi connectivity index (χ1v) is 12.9. The molecule has 0 aliphatic rings. The van der Waals surface area contributed by atoms with Crippen LogP contribution in [-0.2, 0) is 16.9 Å². The van der Waals surface area contributed by atoms with E-state index in [9.17, 15) is 4.79 Å². The average Bonchev–Trinajstić information content (AvgIpc) is 3.22. The summed E-state index contributed by atoms with van der Waals surface area (Å²) in [6, 6.07) is 25.9. The SMILES string of the molecule is Cc1noc(-c2ccc(CSCCc3ccccc3)cc2)c1NC(=O)OC(C)c1ccccc1Cl. The minimum atomic E-state index is -0.601. The smallest absolute Gasteiger partial charge is 0.412 e. The Morgan fingerprint density at radius 1 is 1.03 bits per heavy atom. The van der Waals surface area contributed by atoms with Gasteiger partial charge in [-0.3, -0.25) is 5.32 Å². The number of ether oxygens (including phenoxy) is 1. The van der Waals surface area contributed by atoms with Crippen molar-refractivity contribution in [1.29, 1.82) is 0 Å². The molecule has 1 atom stereocenters. The van der Waals surface area contributed by atoms with E-state index in [0.29, 0.717) is 22.2 Å². The molecule has 7 heteroatoms. The summed E-state index contributed by atoms with van der Waals surface area (Å²) in [7, 11) is 0. The highest BCUT2D eigenvalue weighted by Crippen LogP contribution is 2.32. The van der Waals surface area contributed by atoms with E-state index < -0.39 is 12.2 Å². The predicted octanol–water partition coefficient (Wildman–Crippen LogP) is 8.09. The van der Waals surface area contributed by atoms with Gasteiger partial charge in [0.1, 0.15) is 17.5 Å². The molecule has 1 unspecified atom stereocenters. The van der Waals surface area contributed by atoms with Crippen molar-refractivity contribution in [2.24, 2.45) is 0 Å². The first-order chi connectivity index (χ1) is 17.0. The van der Waals surface area contributed by atoms with Crippen molar-refractivity contribution >= 4 is 35.1 Å². The summed E-state index contributed by atoms with van der Waals surface area (Å²) in [5.74, 6) is 2.49. The van der Waals surface area contributed by atoms with Crippen LogP contribution in [0.15, 0.2) is 83.4 Å². The Morgan fingerprint density at radius 2 is 1.74 bits per heavy atom. The topological polar surface area (TPSA) is 64.4 Å². The zero-order valence-corrected chi connectivity index (χ0v) is 21.2. The second-order valence-corrected chi connectivity index (χ2v) is 9.66. The van der Waals surface area contributed by atoms with Crippen molar-refractivity contribution in [2.45, 2.75) is 32.1 Å². The number of halogens is 1. The minimum Gasteiger partial charge on any atom is -0.441 e. The van der Waals surface area contributed by atoms with Crippen molar-refractivity contribution in [3.63, 3.8) is 0 Å². The third-order valence-electron chi connectivity index (χ3n) is 5.58. The Balaban J connectivity index is 1.35. The molecule has 0 saturated heterocycles. The number of benzene rings is 3. The second-order valence-electron chi connectivity index (χ2n) is 8.15. The van der Waals surface area contributed by atoms with E-state index in [1.165, 1.54) is 11.1 Å². The average molecular weight is 507 g/mol.